The van der Waals surface area contributed by atoms with E-state index in [1.165, 1.54) is 11.1 Å². The third kappa shape index (κ3) is 9.16. The highest BCUT2D eigenvalue weighted by Crippen LogP contribution is 2.07. The van der Waals surface area contributed by atoms with Crippen LogP contribution in [0.15, 0.2) is 29.3 Å². The maximum Gasteiger partial charge on any atom is 0.191 e. The van der Waals surface area contributed by atoms with E-state index in [2.05, 4.69) is 51.7 Å². The quantitative estimate of drug-likeness (QED) is 0.325. The number of nitrogens with zero attached hydrogens (tertiary/aromatic N) is 2. The van der Waals surface area contributed by atoms with E-state index in [9.17, 15) is 0 Å². The number of hydrogen-bond acceptors (Lipinski definition) is 4. The first kappa shape index (κ1) is 23.1. The molecule has 2 N–H and O–H groups in total. The first-order valence-electron chi connectivity index (χ1n) is 9.29. The van der Waals surface area contributed by atoms with Crippen molar-refractivity contribution in [2.75, 3.05) is 52.5 Å². The molecule has 1 heterocycles. The summed E-state index contributed by atoms with van der Waals surface area (Å²) in [6, 6.07) is 8.46. The Morgan fingerprint density at radius 3 is 2.46 bits per heavy atom. The third-order valence-corrected chi connectivity index (χ3v) is 4.08. The molecule has 0 unspecified atom stereocenters. The van der Waals surface area contributed by atoms with Crippen LogP contribution in [-0.2, 0) is 22.6 Å². The highest BCUT2D eigenvalue weighted by Gasteiger charge is 2.09. The zero-order valence-corrected chi connectivity index (χ0v) is 18.3. The van der Waals surface area contributed by atoms with Crippen molar-refractivity contribution in [3.05, 3.63) is 35.4 Å². The van der Waals surface area contributed by atoms with E-state index in [0.717, 1.165) is 58.5 Å². The molecule has 1 aromatic rings. The molecule has 0 spiro atoms. The molecule has 1 aliphatic rings. The number of benzene rings is 1. The third-order valence-electron chi connectivity index (χ3n) is 4.08. The fraction of sp³-hybridized carbons (Fsp3) is 0.632. The Kier molecular flexibility index (Phi) is 12.6. The number of hydrogen-bond donors (Lipinski definition) is 2. The van der Waals surface area contributed by atoms with E-state index < -0.39 is 0 Å². The average Bonchev–Trinajstić information content (AvgIpc) is 2.66. The normalized spacial score (nSPS) is 15.4. The van der Waals surface area contributed by atoms with E-state index in [1.807, 2.05) is 6.92 Å². The molecule has 0 aromatic heterocycles. The lowest BCUT2D eigenvalue weighted by Gasteiger charge is -2.26. The van der Waals surface area contributed by atoms with Crippen LogP contribution in [0.1, 0.15) is 25.0 Å². The maximum absolute atomic E-state index is 5.42. The molecule has 7 heteroatoms. The van der Waals surface area contributed by atoms with E-state index in [1.54, 1.807) is 0 Å². The average molecular weight is 476 g/mol. The van der Waals surface area contributed by atoms with Gasteiger partial charge in [-0.25, -0.2) is 4.99 Å². The fourth-order valence-electron chi connectivity index (χ4n) is 2.63. The van der Waals surface area contributed by atoms with Crippen molar-refractivity contribution in [3.8, 4) is 0 Å². The predicted octanol–water partition coefficient (Wildman–Crippen LogP) is 2.23. The smallest absolute Gasteiger partial charge is 0.191 e. The summed E-state index contributed by atoms with van der Waals surface area (Å²) in [7, 11) is 0. The van der Waals surface area contributed by atoms with Crippen molar-refractivity contribution in [1.29, 1.82) is 0 Å². The molecular weight excluding hydrogens is 443 g/mol. The Bertz CT molecular complexity index is 505. The Hall–Kier alpha value is -0.900. The van der Waals surface area contributed by atoms with Crippen LogP contribution in [0.3, 0.4) is 0 Å². The topological polar surface area (TPSA) is 58.1 Å². The van der Waals surface area contributed by atoms with Crippen LogP contribution in [0.4, 0.5) is 0 Å². The highest BCUT2D eigenvalue weighted by molar-refractivity contribution is 14.0. The molecule has 1 aliphatic heterocycles. The number of rotatable bonds is 9. The number of halogens is 1. The Balaban J connectivity index is 0.00000338. The maximum atomic E-state index is 5.42. The number of aliphatic imine (C=N–C) groups is 1. The lowest BCUT2D eigenvalue weighted by Crippen LogP contribution is -2.44. The van der Waals surface area contributed by atoms with Crippen molar-refractivity contribution in [1.82, 2.24) is 15.5 Å². The molecule has 26 heavy (non-hydrogen) atoms. The highest BCUT2D eigenvalue weighted by atomic mass is 127. The Labute approximate surface area is 174 Å². The van der Waals surface area contributed by atoms with Crippen molar-refractivity contribution in [2.24, 2.45) is 4.99 Å². The van der Waals surface area contributed by atoms with Crippen molar-refractivity contribution >= 4 is 29.9 Å². The van der Waals surface area contributed by atoms with Crippen LogP contribution in [-0.4, -0.2) is 63.4 Å². The van der Waals surface area contributed by atoms with Gasteiger partial charge in [-0.1, -0.05) is 24.3 Å². The fourth-order valence-corrected chi connectivity index (χ4v) is 2.63. The van der Waals surface area contributed by atoms with Crippen molar-refractivity contribution in [2.45, 2.75) is 27.0 Å². The molecular formula is C19H33IN4O2. The monoisotopic (exact) mass is 476 g/mol. The Morgan fingerprint density at radius 2 is 1.81 bits per heavy atom. The molecule has 0 radical (unpaired) electrons. The minimum atomic E-state index is 0. The molecule has 0 aliphatic carbocycles. The van der Waals surface area contributed by atoms with Crippen LogP contribution >= 0.6 is 24.0 Å². The summed E-state index contributed by atoms with van der Waals surface area (Å²) in [6.07, 6.45) is 0. The number of nitrogens with one attached hydrogen (secondary N) is 2. The lowest BCUT2D eigenvalue weighted by molar-refractivity contribution is 0.0389. The van der Waals surface area contributed by atoms with Gasteiger partial charge in [-0.3, -0.25) is 4.90 Å². The SMILES string of the molecule is CCNC(=NCc1ccc(COCC)cc1)NCCN1CCOCC1.I. The van der Waals surface area contributed by atoms with Gasteiger partial charge in [0.1, 0.15) is 0 Å². The summed E-state index contributed by atoms with van der Waals surface area (Å²) in [5, 5.41) is 6.72. The minimum absolute atomic E-state index is 0. The summed E-state index contributed by atoms with van der Waals surface area (Å²) in [6.45, 7) is 12.7. The van der Waals surface area contributed by atoms with Gasteiger partial charge in [0.2, 0.25) is 0 Å². The summed E-state index contributed by atoms with van der Waals surface area (Å²) in [4.78, 5) is 7.09. The second-order valence-electron chi connectivity index (χ2n) is 6.03. The first-order valence-corrected chi connectivity index (χ1v) is 9.29. The molecule has 1 fully saturated rings. The number of guanidine groups is 1. The van der Waals surface area contributed by atoms with Crippen molar-refractivity contribution < 1.29 is 9.47 Å². The molecule has 0 amide bonds. The zero-order valence-electron chi connectivity index (χ0n) is 16.0. The van der Waals surface area contributed by atoms with Crippen LogP contribution in [0.25, 0.3) is 0 Å². The summed E-state index contributed by atoms with van der Waals surface area (Å²) in [5.41, 5.74) is 2.40. The number of morpholine rings is 1. The zero-order chi connectivity index (χ0) is 17.7. The molecule has 2 rings (SSSR count). The first-order chi connectivity index (χ1) is 12.3. The number of ether oxygens (including phenoxy) is 2. The van der Waals surface area contributed by atoms with E-state index in [4.69, 9.17) is 9.47 Å². The van der Waals surface area contributed by atoms with Crippen LogP contribution in [0, 0.1) is 0 Å². The molecule has 0 saturated carbocycles. The molecule has 6 nitrogen and oxygen atoms in total. The van der Waals surface area contributed by atoms with E-state index >= 15 is 0 Å². The molecule has 148 valence electrons. The van der Waals surface area contributed by atoms with Crippen molar-refractivity contribution in [3.63, 3.8) is 0 Å². The van der Waals surface area contributed by atoms with Gasteiger partial charge in [0.05, 0.1) is 26.4 Å². The standard InChI is InChI=1S/C19H32N4O2.HI/c1-3-20-19(21-9-10-23-11-13-25-14-12-23)22-15-17-5-7-18(8-6-17)16-24-4-2;/h5-8H,3-4,9-16H2,1-2H3,(H2,20,21,22);1H. The van der Waals surface area contributed by atoms with E-state index in [-0.39, 0.29) is 24.0 Å². The van der Waals surface area contributed by atoms with Gasteiger partial charge in [-0.15, -0.1) is 24.0 Å². The van der Waals surface area contributed by atoms with Crippen LogP contribution in [0.2, 0.25) is 0 Å². The minimum Gasteiger partial charge on any atom is -0.379 e. The van der Waals surface area contributed by atoms with Gasteiger partial charge < -0.3 is 20.1 Å². The van der Waals surface area contributed by atoms with Gasteiger partial charge in [0, 0.05) is 39.3 Å². The van der Waals surface area contributed by atoms with Gasteiger partial charge in [-0.05, 0) is 25.0 Å². The van der Waals surface area contributed by atoms with Gasteiger partial charge in [-0.2, -0.15) is 0 Å². The second-order valence-corrected chi connectivity index (χ2v) is 6.03. The second kappa shape index (κ2) is 14.2. The van der Waals surface area contributed by atoms with E-state index in [0.29, 0.717) is 13.2 Å². The Morgan fingerprint density at radius 1 is 1.12 bits per heavy atom. The summed E-state index contributed by atoms with van der Waals surface area (Å²) < 4.78 is 10.8. The lowest BCUT2D eigenvalue weighted by atomic mass is 10.1. The largest absolute Gasteiger partial charge is 0.379 e. The molecule has 1 saturated heterocycles. The molecule has 0 bridgehead atoms. The summed E-state index contributed by atoms with van der Waals surface area (Å²) >= 11 is 0. The molecule has 1 aromatic carbocycles. The van der Waals surface area contributed by atoms with Crippen LogP contribution in [0.5, 0.6) is 0 Å². The van der Waals surface area contributed by atoms with Crippen LogP contribution < -0.4 is 10.6 Å². The molecule has 0 atom stereocenters. The predicted molar refractivity (Wildman–Crippen MR) is 117 cm³/mol. The van der Waals surface area contributed by atoms with Gasteiger partial charge in [0.15, 0.2) is 5.96 Å². The van der Waals surface area contributed by atoms with Gasteiger partial charge >= 0.3 is 0 Å². The van der Waals surface area contributed by atoms with Gasteiger partial charge in [0.25, 0.3) is 0 Å². The summed E-state index contributed by atoms with van der Waals surface area (Å²) in [5.74, 6) is 0.870.